The van der Waals surface area contributed by atoms with Crippen molar-refractivity contribution in [3.8, 4) is 22.3 Å². The number of hydrogen-bond acceptors (Lipinski definition) is 2. The van der Waals surface area contributed by atoms with Crippen LogP contribution in [0, 0.1) is 0 Å². The molecule has 0 radical (unpaired) electrons. The molecular weight excluding hydrogens is 643 g/mol. The van der Waals surface area contributed by atoms with Crippen LogP contribution in [0.1, 0.15) is 29.0 Å². The van der Waals surface area contributed by atoms with Crippen molar-refractivity contribution < 1.29 is 4.42 Å². The molecular formula is C51H37NO. The summed E-state index contributed by atoms with van der Waals surface area (Å²) in [6.07, 6.45) is 2.72. The first-order chi connectivity index (χ1) is 26.1. The third-order valence-corrected chi connectivity index (χ3v) is 10.4. The molecule has 1 unspecified atom stereocenters. The van der Waals surface area contributed by atoms with Gasteiger partial charge in [-0.15, -0.1) is 6.58 Å². The summed E-state index contributed by atoms with van der Waals surface area (Å²) in [6, 6.07) is 61.9. The number of rotatable bonds is 9. The van der Waals surface area contributed by atoms with E-state index in [2.05, 4.69) is 177 Å². The van der Waals surface area contributed by atoms with Crippen molar-refractivity contribution in [3.05, 3.63) is 212 Å². The molecule has 252 valence electrons. The highest BCUT2D eigenvalue weighted by atomic mass is 16.3. The van der Waals surface area contributed by atoms with E-state index in [0.717, 1.165) is 60.7 Å². The zero-order valence-electron chi connectivity index (χ0n) is 29.4. The van der Waals surface area contributed by atoms with Crippen LogP contribution >= 0.6 is 0 Å². The van der Waals surface area contributed by atoms with E-state index in [1.54, 1.807) is 0 Å². The standard InChI is InChI=1S/C51H37NO/c1-3-35(42-26-25-37-17-10-11-20-39(37)30-42)31-48(38-18-8-5-9-19-38)52-34(2)47-33-50-51(45-24-13-12-23-44(45)47)46-28-27-43(32-49(46)53-50)41-22-14-21-40(29-41)36-15-6-4-7-16-36/h3-30,32-33,35H,1-2,31H2. The van der Waals surface area contributed by atoms with Gasteiger partial charge in [-0.1, -0.05) is 164 Å². The molecule has 0 aliphatic heterocycles. The Labute approximate surface area is 309 Å². The molecule has 2 heteroatoms. The van der Waals surface area contributed by atoms with Gasteiger partial charge in [0.1, 0.15) is 11.2 Å². The van der Waals surface area contributed by atoms with Crippen molar-refractivity contribution in [2.45, 2.75) is 12.3 Å². The van der Waals surface area contributed by atoms with Crippen LogP contribution in [0.3, 0.4) is 0 Å². The number of hydrogen-bond donors (Lipinski definition) is 0. The van der Waals surface area contributed by atoms with Crippen LogP contribution in [0.4, 0.5) is 0 Å². The first-order valence-corrected chi connectivity index (χ1v) is 18.1. The van der Waals surface area contributed by atoms with E-state index in [9.17, 15) is 0 Å². The van der Waals surface area contributed by atoms with Crippen molar-refractivity contribution in [1.82, 2.24) is 0 Å². The predicted molar refractivity (Wildman–Crippen MR) is 226 cm³/mol. The largest absolute Gasteiger partial charge is 0.456 e. The van der Waals surface area contributed by atoms with E-state index in [1.807, 2.05) is 18.2 Å². The van der Waals surface area contributed by atoms with E-state index in [0.29, 0.717) is 12.1 Å². The lowest BCUT2D eigenvalue weighted by Crippen LogP contribution is -2.08. The van der Waals surface area contributed by atoms with Crippen LogP contribution in [-0.2, 0) is 0 Å². The Hall–Kier alpha value is -6.77. The normalized spacial score (nSPS) is 12.4. The summed E-state index contributed by atoms with van der Waals surface area (Å²) in [7, 11) is 0. The number of furan rings is 1. The van der Waals surface area contributed by atoms with Crippen LogP contribution in [0.15, 0.2) is 205 Å². The van der Waals surface area contributed by atoms with E-state index >= 15 is 0 Å². The van der Waals surface area contributed by atoms with E-state index in [4.69, 9.17) is 9.41 Å². The maximum Gasteiger partial charge on any atom is 0.136 e. The van der Waals surface area contributed by atoms with Crippen LogP contribution in [0.25, 0.3) is 71.4 Å². The smallest absolute Gasteiger partial charge is 0.136 e. The maximum atomic E-state index is 6.69. The SMILES string of the molecule is C=CC(CC(=NC(=C)c1cc2oc3cc(-c4cccc(-c5ccccc5)c4)ccc3c2c2ccccc12)c1ccccc1)c1ccc2ccccc2c1. The van der Waals surface area contributed by atoms with Gasteiger partial charge >= 0.3 is 0 Å². The number of benzene rings is 8. The van der Waals surface area contributed by atoms with Gasteiger partial charge in [0.05, 0.1) is 5.70 Å². The van der Waals surface area contributed by atoms with Gasteiger partial charge in [0.15, 0.2) is 0 Å². The molecule has 0 amide bonds. The van der Waals surface area contributed by atoms with Gasteiger partial charge in [0.25, 0.3) is 0 Å². The van der Waals surface area contributed by atoms with Gasteiger partial charge in [0.2, 0.25) is 0 Å². The Morgan fingerprint density at radius 3 is 2.00 bits per heavy atom. The second-order valence-electron chi connectivity index (χ2n) is 13.6. The molecule has 0 fully saturated rings. The predicted octanol–water partition coefficient (Wildman–Crippen LogP) is 14.0. The highest BCUT2D eigenvalue weighted by Crippen LogP contribution is 2.40. The van der Waals surface area contributed by atoms with Gasteiger partial charge in [0, 0.05) is 34.4 Å². The molecule has 9 rings (SSSR count). The number of nitrogens with zero attached hydrogens (tertiary/aromatic N) is 1. The van der Waals surface area contributed by atoms with Gasteiger partial charge in [-0.3, -0.25) is 4.99 Å². The summed E-state index contributed by atoms with van der Waals surface area (Å²) in [5.74, 6) is 0.0727. The first-order valence-electron chi connectivity index (χ1n) is 18.1. The second-order valence-corrected chi connectivity index (χ2v) is 13.6. The van der Waals surface area contributed by atoms with Gasteiger partial charge < -0.3 is 4.42 Å². The summed E-state index contributed by atoms with van der Waals surface area (Å²) in [5.41, 5.74) is 11.2. The monoisotopic (exact) mass is 679 g/mol. The Balaban J connectivity index is 1.12. The minimum absolute atomic E-state index is 0.0727. The Kier molecular flexibility index (Phi) is 8.34. The summed E-state index contributed by atoms with van der Waals surface area (Å²) < 4.78 is 6.69. The molecule has 2 nitrogen and oxygen atoms in total. The fourth-order valence-electron chi connectivity index (χ4n) is 7.63. The molecule has 1 atom stereocenters. The molecule has 0 aliphatic carbocycles. The second kappa shape index (κ2) is 13.7. The highest BCUT2D eigenvalue weighted by Gasteiger charge is 2.18. The summed E-state index contributed by atoms with van der Waals surface area (Å²) in [5, 5.41) is 6.86. The molecule has 0 bridgehead atoms. The highest BCUT2D eigenvalue weighted by molar-refractivity contribution is 6.21. The zero-order valence-corrected chi connectivity index (χ0v) is 29.4. The lowest BCUT2D eigenvalue weighted by Gasteiger charge is -2.17. The minimum atomic E-state index is 0.0727. The fourth-order valence-corrected chi connectivity index (χ4v) is 7.63. The Morgan fingerprint density at radius 1 is 0.547 bits per heavy atom. The third-order valence-electron chi connectivity index (χ3n) is 10.4. The van der Waals surface area contributed by atoms with Gasteiger partial charge in [-0.25, -0.2) is 0 Å². The summed E-state index contributed by atoms with van der Waals surface area (Å²) >= 11 is 0. The van der Waals surface area contributed by atoms with Crippen molar-refractivity contribution in [3.63, 3.8) is 0 Å². The van der Waals surface area contributed by atoms with Crippen LogP contribution in [0.5, 0.6) is 0 Å². The van der Waals surface area contributed by atoms with Crippen molar-refractivity contribution >= 4 is 54.9 Å². The van der Waals surface area contributed by atoms with Gasteiger partial charge in [-0.05, 0) is 79.2 Å². The lowest BCUT2D eigenvalue weighted by molar-refractivity contribution is 0.669. The molecule has 0 spiro atoms. The molecule has 9 aromatic rings. The molecule has 8 aromatic carbocycles. The van der Waals surface area contributed by atoms with Crippen molar-refractivity contribution in [1.29, 1.82) is 0 Å². The van der Waals surface area contributed by atoms with Crippen LogP contribution in [0.2, 0.25) is 0 Å². The topological polar surface area (TPSA) is 25.5 Å². The molecule has 0 N–H and O–H groups in total. The molecule has 0 aliphatic rings. The van der Waals surface area contributed by atoms with Crippen LogP contribution < -0.4 is 0 Å². The number of allylic oxidation sites excluding steroid dienone is 1. The molecule has 0 saturated heterocycles. The number of aliphatic imine (C=N–C) groups is 1. The fraction of sp³-hybridized carbons (Fsp3) is 0.0392. The molecule has 1 aromatic heterocycles. The van der Waals surface area contributed by atoms with Crippen molar-refractivity contribution in [2.24, 2.45) is 4.99 Å². The average Bonchev–Trinajstić information content (AvgIpc) is 3.60. The maximum absolute atomic E-state index is 6.69. The van der Waals surface area contributed by atoms with E-state index in [1.165, 1.54) is 27.5 Å². The molecule has 53 heavy (non-hydrogen) atoms. The van der Waals surface area contributed by atoms with Crippen LogP contribution in [-0.4, -0.2) is 5.71 Å². The lowest BCUT2D eigenvalue weighted by atomic mass is 9.89. The van der Waals surface area contributed by atoms with Gasteiger partial charge in [-0.2, -0.15) is 0 Å². The summed E-state index contributed by atoms with van der Waals surface area (Å²) in [4.78, 5) is 5.32. The Bertz CT molecular complexity index is 2840. The summed E-state index contributed by atoms with van der Waals surface area (Å²) in [6.45, 7) is 8.83. The Morgan fingerprint density at radius 2 is 1.21 bits per heavy atom. The third kappa shape index (κ3) is 6.15. The average molecular weight is 680 g/mol. The quantitative estimate of drug-likeness (QED) is 0.110. The number of fused-ring (bicyclic) bond motifs is 6. The zero-order chi connectivity index (χ0) is 35.7. The van der Waals surface area contributed by atoms with E-state index < -0.39 is 0 Å². The molecule has 0 saturated carbocycles. The minimum Gasteiger partial charge on any atom is -0.456 e. The first kappa shape index (κ1) is 32.2. The van der Waals surface area contributed by atoms with E-state index in [-0.39, 0.29) is 5.92 Å². The molecule has 1 heterocycles. The van der Waals surface area contributed by atoms with Crippen molar-refractivity contribution in [2.75, 3.05) is 0 Å².